The Morgan fingerprint density at radius 2 is 1.82 bits per heavy atom. The van der Waals surface area contributed by atoms with E-state index in [0.717, 1.165) is 5.56 Å². The van der Waals surface area contributed by atoms with Crippen LogP contribution >= 0.6 is 0 Å². The number of hydrogen-bond acceptors (Lipinski definition) is 2. The van der Waals surface area contributed by atoms with E-state index >= 15 is 0 Å². The molecule has 3 heteroatoms. The van der Waals surface area contributed by atoms with Crippen LogP contribution in [0.1, 0.15) is 11.1 Å². The second-order valence-corrected chi connectivity index (χ2v) is 3.80. The first-order valence-corrected chi connectivity index (χ1v) is 5.33. The van der Waals surface area contributed by atoms with Crippen LogP contribution in [0.4, 0.5) is 4.39 Å². The lowest BCUT2D eigenvalue weighted by Crippen LogP contribution is -1.94. The molecule has 0 atom stereocenters. The molecule has 17 heavy (non-hydrogen) atoms. The normalized spacial score (nSPS) is 10.3. The molecule has 0 aromatic heterocycles. The van der Waals surface area contributed by atoms with Crippen LogP contribution in [0.15, 0.2) is 42.5 Å². The maximum absolute atomic E-state index is 13.6. The molecule has 2 rings (SSSR count). The molecule has 0 amide bonds. The minimum Gasteiger partial charge on any atom is -0.454 e. The van der Waals surface area contributed by atoms with Crippen LogP contribution in [0.5, 0.6) is 11.5 Å². The number of para-hydroxylation sites is 1. The lowest BCUT2D eigenvalue weighted by atomic mass is 10.2. The van der Waals surface area contributed by atoms with Gasteiger partial charge >= 0.3 is 0 Å². The molecule has 0 saturated heterocycles. The fourth-order valence-electron chi connectivity index (χ4n) is 1.52. The quantitative estimate of drug-likeness (QED) is 0.878. The van der Waals surface area contributed by atoms with Crippen LogP contribution in [0.25, 0.3) is 0 Å². The molecule has 2 aromatic carbocycles. The molecule has 2 nitrogen and oxygen atoms in total. The first-order chi connectivity index (χ1) is 8.20. The van der Waals surface area contributed by atoms with Gasteiger partial charge in [0.25, 0.3) is 0 Å². The van der Waals surface area contributed by atoms with E-state index in [1.165, 1.54) is 6.07 Å². The summed E-state index contributed by atoms with van der Waals surface area (Å²) in [5, 5.41) is 9.12. The molecule has 0 radical (unpaired) electrons. The van der Waals surface area contributed by atoms with Crippen molar-refractivity contribution >= 4 is 0 Å². The predicted octanol–water partition coefficient (Wildman–Crippen LogP) is 3.42. The van der Waals surface area contributed by atoms with Crippen LogP contribution < -0.4 is 4.74 Å². The fourth-order valence-corrected chi connectivity index (χ4v) is 1.52. The molecule has 0 aliphatic heterocycles. The van der Waals surface area contributed by atoms with E-state index in [0.29, 0.717) is 11.3 Å². The molecule has 0 fully saturated rings. The predicted molar refractivity (Wildman–Crippen MR) is 63.6 cm³/mol. The van der Waals surface area contributed by atoms with Crippen molar-refractivity contribution in [2.24, 2.45) is 0 Å². The third kappa shape index (κ3) is 2.63. The molecular weight excluding hydrogens is 219 g/mol. The van der Waals surface area contributed by atoms with Gasteiger partial charge in [-0.15, -0.1) is 0 Å². The summed E-state index contributed by atoms with van der Waals surface area (Å²) in [6, 6.07) is 11.8. The van der Waals surface area contributed by atoms with Gasteiger partial charge in [-0.05, 0) is 25.1 Å². The van der Waals surface area contributed by atoms with E-state index in [2.05, 4.69) is 0 Å². The summed E-state index contributed by atoms with van der Waals surface area (Å²) < 4.78 is 19.0. The van der Waals surface area contributed by atoms with E-state index in [-0.39, 0.29) is 12.4 Å². The summed E-state index contributed by atoms with van der Waals surface area (Å²) in [5.74, 6) is 0.159. The van der Waals surface area contributed by atoms with Crippen molar-refractivity contribution in [1.82, 2.24) is 0 Å². The summed E-state index contributed by atoms with van der Waals surface area (Å²) >= 11 is 0. The lowest BCUT2D eigenvalue weighted by molar-refractivity contribution is 0.274. The molecule has 0 unspecified atom stereocenters. The average molecular weight is 232 g/mol. The zero-order chi connectivity index (χ0) is 12.3. The standard InChI is InChI=1S/C14H13FO2/c1-10-5-7-12(8-6-10)17-14-11(9-16)3-2-4-13(14)15/h2-8,16H,9H2,1H3. The molecule has 0 aliphatic rings. The van der Waals surface area contributed by atoms with E-state index in [1.807, 2.05) is 19.1 Å². The maximum Gasteiger partial charge on any atom is 0.168 e. The number of benzene rings is 2. The highest BCUT2D eigenvalue weighted by Crippen LogP contribution is 2.28. The van der Waals surface area contributed by atoms with Crippen LogP contribution in [-0.4, -0.2) is 5.11 Å². The van der Waals surface area contributed by atoms with Gasteiger partial charge in [-0.3, -0.25) is 0 Å². The number of aliphatic hydroxyl groups is 1. The first kappa shape index (κ1) is 11.6. The minimum absolute atomic E-state index is 0.0823. The van der Waals surface area contributed by atoms with Gasteiger partial charge in [0.2, 0.25) is 0 Å². The van der Waals surface area contributed by atoms with Crippen molar-refractivity contribution in [2.45, 2.75) is 13.5 Å². The molecule has 0 bridgehead atoms. The van der Waals surface area contributed by atoms with E-state index in [4.69, 9.17) is 9.84 Å². The van der Waals surface area contributed by atoms with Gasteiger partial charge in [0, 0.05) is 5.56 Å². The summed E-state index contributed by atoms with van der Waals surface area (Å²) in [5.41, 5.74) is 1.54. The second-order valence-electron chi connectivity index (χ2n) is 3.80. The van der Waals surface area contributed by atoms with Crippen molar-refractivity contribution in [3.05, 3.63) is 59.4 Å². The summed E-state index contributed by atoms with van der Waals surface area (Å²) in [6.07, 6.45) is 0. The Labute approximate surface area is 99.3 Å². The Morgan fingerprint density at radius 1 is 1.12 bits per heavy atom. The van der Waals surface area contributed by atoms with Crippen LogP contribution in [0.3, 0.4) is 0 Å². The van der Waals surface area contributed by atoms with Gasteiger partial charge < -0.3 is 9.84 Å². The fraction of sp³-hybridized carbons (Fsp3) is 0.143. The Morgan fingerprint density at radius 3 is 2.47 bits per heavy atom. The van der Waals surface area contributed by atoms with Crippen molar-refractivity contribution in [3.8, 4) is 11.5 Å². The SMILES string of the molecule is Cc1ccc(Oc2c(F)cccc2CO)cc1. The third-order valence-electron chi connectivity index (χ3n) is 2.46. The van der Waals surface area contributed by atoms with Crippen molar-refractivity contribution in [2.75, 3.05) is 0 Å². The first-order valence-electron chi connectivity index (χ1n) is 5.33. The molecule has 0 aliphatic carbocycles. The largest absolute Gasteiger partial charge is 0.454 e. The molecule has 0 saturated carbocycles. The number of ether oxygens (including phenoxy) is 1. The average Bonchev–Trinajstić information content (AvgIpc) is 2.34. The Kier molecular flexibility index (Phi) is 3.40. The van der Waals surface area contributed by atoms with Crippen molar-refractivity contribution in [1.29, 1.82) is 0 Å². The van der Waals surface area contributed by atoms with Gasteiger partial charge in [-0.2, -0.15) is 0 Å². The van der Waals surface area contributed by atoms with Crippen molar-refractivity contribution in [3.63, 3.8) is 0 Å². The van der Waals surface area contributed by atoms with Crippen LogP contribution in [-0.2, 0) is 6.61 Å². The van der Waals surface area contributed by atoms with Crippen LogP contribution in [0, 0.1) is 12.7 Å². The maximum atomic E-state index is 13.6. The zero-order valence-corrected chi connectivity index (χ0v) is 9.48. The van der Waals surface area contributed by atoms with Crippen LogP contribution in [0.2, 0.25) is 0 Å². The summed E-state index contributed by atoms with van der Waals surface area (Å²) in [4.78, 5) is 0. The smallest absolute Gasteiger partial charge is 0.168 e. The summed E-state index contributed by atoms with van der Waals surface area (Å²) in [7, 11) is 0. The molecule has 0 spiro atoms. The zero-order valence-electron chi connectivity index (χ0n) is 9.48. The van der Waals surface area contributed by atoms with E-state index in [9.17, 15) is 4.39 Å². The topological polar surface area (TPSA) is 29.5 Å². The number of halogens is 1. The third-order valence-corrected chi connectivity index (χ3v) is 2.46. The van der Waals surface area contributed by atoms with Gasteiger partial charge in [0.1, 0.15) is 5.75 Å². The Hall–Kier alpha value is -1.87. The molecular formula is C14H13FO2. The van der Waals surface area contributed by atoms with Crippen molar-refractivity contribution < 1.29 is 14.2 Å². The molecule has 2 aromatic rings. The highest BCUT2D eigenvalue weighted by atomic mass is 19.1. The molecule has 1 N–H and O–H groups in total. The monoisotopic (exact) mass is 232 g/mol. The number of aliphatic hydroxyl groups excluding tert-OH is 1. The van der Waals surface area contributed by atoms with E-state index < -0.39 is 5.82 Å². The molecule has 88 valence electrons. The van der Waals surface area contributed by atoms with Gasteiger partial charge in [0.15, 0.2) is 11.6 Å². The Balaban J connectivity index is 2.32. The second kappa shape index (κ2) is 4.97. The lowest BCUT2D eigenvalue weighted by Gasteiger charge is -2.10. The highest BCUT2D eigenvalue weighted by molar-refractivity contribution is 5.39. The van der Waals surface area contributed by atoms with E-state index in [1.54, 1.807) is 24.3 Å². The summed E-state index contributed by atoms with van der Waals surface area (Å²) in [6.45, 7) is 1.71. The number of aryl methyl sites for hydroxylation is 1. The molecule has 0 heterocycles. The van der Waals surface area contributed by atoms with Gasteiger partial charge in [0.05, 0.1) is 6.61 Å². The number of rotatable bonds is 3. The Bertz CT molecular complexity index is 506. The highest BCUT2D eigenvalue weighted by Gasteiger charge is 2.09. The van der Waals surface area contributed by atoms with Gasteiger partial charge in [-0.25, -0.2) is 4.39 Å². The minimum atomic E-state index is -0.475. The number of hydrogen-bond donors (Lipinski definition) is 1. The van der Waals surface area contributed by atoms with Gasteiger partial charge in [-0.1, -0.05) is 29.8 Å².